The van der Waals surface area contributed by atoms with Crippen molar-refractivity contribution in [2.24, 2.45) is 0 Å². The van der Waals surface area contributed by atoms with Gasteiger partial charge in [-0.3, -0.25) is 0 Å². The number of aryl methyl sites for hydroxylation is 1. The summed E-state index contributed by atoms with van der Waals surface area (Å²) in [7, 11) is -3.62. The minimum Gasteiger partial charge on any atom is -0.478 e. The van der Waals surface area contributed by atoms with Crippen LogP contribution in [0.15, 0.2) is 47.4 Å². The summed E-state index contributed by atoms with van der Waals surface area (Å²) in [6.45, 7) is 1.91. The molecular formula is C15H13ClO4S. The van der Waals surface area contributed by atoms with Crippen molar-refractivity contribution in [1.29, 1.82) is 0 Å². The maximum absolute atomic E-state index is 12.3. The minimum atomic E-state index is -3.62. The van der Waals surface area contributed by atoms with Crippen LogP contribution in [0.25, 0.3) is 0 Å². The van der Waals surface area contributed by atoms with Gasteiger partial charge in [-0.25, -0.2) is 13.2 Å². The summed E-state index contributed by atoms with van der Waals surface area (Å²) >= 11 is 5.74. The molecule has 0 radical (unpaired) electrons. The summed E-state index contributed by atoms with van der Waals surface area (Å²) in [5.74, 6) is -1.44. The Hall–Kier alpha value is -1.85. The summed E-state index contributed by atoms with van der Waals surface area (Å²) in [4.78, 5) is 11.0. The molecule has 0 saturated heterocycles. The zero-order valence-electron chi connectivity index (χ0n) is 11.2. The number of carboxylic acid groups (broad SMARTS) is 1. The fraction of sp³-hybridized carbons (Fsp3) is 0.133. The first-order valence-corrected chi connectivity index (χ1v) is 8.14. The number of aromatic carboxylic acids is 1. The summed E-state index contributed by atoms with van der Waals surface area (Å²) in [6.07, 6.45) is 0. The lowest BCUT2D eigenvalue weighted by Crippen LogP contribution is -2.07. The third kappa shape index (κ3) is 3.62. The van der Waals surface area contributed by atoms with Gasteiger partial charge in [0, 0.05) is 0 Å². The smallest absolute Gasteiger partial charge is 0.337 e. The van der Waals surface area contributed by atoms with Crippen LogP contribution in [0.1, 0.15) is 21.5 Å². The first kappa shape index (κ1) is 15.5. The highest BCUT2D eigenvalue weighted by molar-refractivity contribution is 7.90. The van der Waals surface area contributed by atoms with Crippen LogP contribution in [0.4, 0.5) is 0 Å². The van der Waals surface area contributed by atoms with Gasteiger partial charge in [0.1, 0.15) is 0 Å². The van der Waals surface area contributed by atoms with Crippen molar-refractivity contribution in [3.63, 3.8) is 0 Å². The Morgan fingerprint density at radius 3 is 2.33 bits per heavy atom. The van der Waals surface area contributed by atoms with Gasteiger partial charge >= 0.3 is 5.97 Å². The van der Waals surface area contributed by atoms with Crippen molar-refractivity contribution >= 4 is 27.4 Å². The predicted molar refractivity (Wildman–Crippen MR) is 80.5 cm³/mol. The first-order chi connectivity index (χ1) is 9.79. The second-order valence-corrected chi connectivity index (χ2v) is 7.09. The lowest BCUT2D eigenvalue weighted by atomic mass is 10.2. The second-order valence-electron chi connectivity index (χ2n) is 4.69. The third-order valence-corrected chi connectivity index (χ3v) is 5.02. The van der Waals surface area contributed by atoms with Crippen LogP contribution in [0.2, 0.25) is 5.02 Å². The highest BCUT2D eigenvalue weighted by Gasteiger charge is 2.19. The zero-order valence-corrected chi connectivity index (χ0v) is 12.8. The van der Waals surface area contributed by atoms with E-state index >= 15 is 0 Å². The number of carboxylic acids is 1. The molecule has 0 amide bonds. The van der Waals surface area contributed by atoms with E-state index in [0.717, 1.165) is 11.6 Å². The molecule has 0 saturated carbocycles. The van der Waals surface area contributed by atoms with Gasteiger partial charge in [-0.2, -0.15) is 0 Å². The maximum atomic E-state index is 12.3. The molecule has 0 heterocycles. The molecule has 0 aliphatic rings. The van der Waals surface area contributed by atoms with E-state index in [9.17, 15) is 13.2 Å². The van der Waals surface area contributed by atoms with Crippen LogP contribution in [-0.4, -0.2) is 19.5 Å². The van der Waals surface area contributed by atoms with E-state index in [2.05, 4.69) is 0 Å². The minimum absolute atomic E-state index is 0.0109. The van der Waals surface area contributed by atoms with Crippen LogP contribution in [0.5, 0.6) is 0 Å². The van der Waals surface area contributed by atoms with E-state index in [-0.39, 0.29) is 21.2 Å². The molecule has 110 valence electrons. The maximum Gasteiger partial charge on any atom is 0.337 e. The molecule has 21 heavy (non-hydrogen) atoms. The average molecular weight is 325 g/mol. The van der Waals surface area contributed by atoms with E-state index < -0.39 is 15.8 Å². The second kappa shape index (κ2) is 5.87. The van der Waals surface area contributed by atoms with Gasteiger partial charge in [-0.1, -0.05) is 41.4 Å². The van der Waals surface area contributed by atoms with Gasteiger partial charge in [0.2, 0.25) is 0 Å². The molecule has 2 rings (SSSR count). The molecule has 0 aliphatic carbocycles. The van der Waals surface area contributed by atoms with E-state index in [4.69, 9.17) is 16.7 Å². The Morgan fingerprint density at radius 2 is 1.76 bits per heavy atom. The first-order valence-electron chi connectivity index (χ1n) is 6.11. The van der Waals surface area contributed by atoms with Crippen molar-refractivity contribution in [2.75, 3.05) is 0 Å². The highest BCUT2D eigenvalue weighted by atomic mass is 35.5. The standard InChI is InChI=1S/C15H13ClO4S/c1-10-2-4-11(5-3-10)9-21(19,20)12-6-7-14(16)13(8-12)15(17)18/h2-8H,9H2,1H3,(H,17,18). The van der Waals surface area contributed by atoms with Crippen LogP contribution in [-0.2, 0) is 15.6 Å². The molecule has 0 aromatic heterocycles. The number of sulfone groups is 1. The summed E-state index contributed by atoms with van der Waals surface area (Å²) < 4.78 is 24.7. The van der Waals surface area contributed by atoms with Gasteiger partial charge in [0.25, 0.3) is 0 Å². The molecule has 0 atom stereocenters. The Morgan fingerprint density at radius 1 is 1.14 bits per heavy atom. The Balaban J connectivity index is 2.38. The number of rotatable bonds is 4. The molecule has 0 aliphatic heterocycles. The molecule has 0 fully saturated rings. The fourth-order valence-electron chi connectivity index (χ4n) is 1.85. The SMILES string of the molecule is Cc1ccc(CS(=O)(=O)c2ccc(Cl)c(C(=O)O)c2)cc1. The van der Waals surface area contributed by atoms with Gasteiger partial charge in [-0.05, 0) is 30.7 Å². The largest absolute Gasteiger partial charge is 0.478 e. The highest BCUT2D eigenvalue weighted by Crippen LogP contribution is 2.23. The fourth-order valence-corrected chi connectivity index (χ4v) is 3.42. The van der Waals surface area contributed by atoms with Crippen LogP contribution in [0.3, 0.4) is 0 Å². The molecule has 1 N–H and O–H groups in total. The lowest BCUT2D eigenvalue weighted by molar-refractivity contribution is 0.0697. The van der Waals surface area contributed by atoms with Crippen molar-refractivity contribution in [2.45, 2.75) is 17.6 Å². The summed E-state index contributed by atoms with van der Waals surface area (Å²) in [5, 5.41) is 9.01. The van der Waals surface area contributed by atoms with Gasteiger partial charge in [0.15, 0.2) is 9.84 Å². The average Bonchev–Trinajstić information content (AvgIpc) is 2.41. The molecule has 0 unspecified atom stereocenters. The number of benzene rings is 2. The topological polar surface area (TPSA) is 71.4 Å². The van der Waals surface area contributed by atoms with Gasteiger partial charge in [-0.15, -0.1) is 0 Å². The molecule has 2 aromatic rings. The van der Waals surface area contributed by atoms with Crippen molar-refractivity contribution in [3.05, 3.63) is 64.2 Å². The number of carbonyl (C=O) groups is 1. The van der Waals surface area contributed by atoms with E-state index in [0.29, 0.717) is 5.56 Å². The quantitative estimate of drug-likeness (QED) is 0.936. The van der Waals surface area contributed by atoms with Crippen LogP contribution in [0, 0.1) is 6.92 Å². The van der Waals surface area contributed by atoms with Crippen molar-refractivity contribution in [1.82, 2.24) is 0 Å². The molecule has 4 nitrogen and oxygen atoms in total. The monoisotopic (exact) mass is 324 g/mol. The normalized spacial score (nSPS) is 11.3. The molecule has 0 bridgehead atoms. The van der Waals surface area contributed by atoms with Gasteiger partial charge < -0.3 is 5.11 Å². The van der Waals surface area contributed by atoms with Crippen molar-refractivity contribution in [3.8, 4) is 0 Å². The summed E-state index contributed by atoms with van der Waals surface area (Å²) in [5.41, 5.74) is 1.46. The number of hydrogen-bond acceptors (Lipinski definition) is 3. The van der Waals surface area contributed by atoms with E-state index in [1.54, 1.807) is 12.1 Å². The number of halogens is 1. The zero-order chi connectivity index (χ0) is 15.6. The third-order valence-electron chi connectivity index (χ3n) is 3.00. The Bertz CT molecular complexity index is 780. The van der Waals surface area contributed by atoms with E-state index in [1.807, 2.05) is 19.1 Å². The van der Waals surface area contributed by atoms with Crippen molar-refractivity contribution < 1.29 is 18.3 Å². The Kier molecular flexibility index (Phi) is 4.34. The molecule has 2 aromatic carbocycles. The molecule has 6 heteroatoms. The Labute approximate surface area is 127 Å². The predicted octanol–water partition coefficient (Wildman–Crippen LogP) is 3.32. The molecular weight excluding hydrogens is 312 g/mol. The van der Waals surface area contributed by atoms with Crippen LogP contribution < -0.4 is 0 Å². The van der Waals surface area contributed by atoms with Crippen LogP contribution >= 0.6 is 11.6 Å². The lowest BCUT2D eigenvalue weighted by Gasteiger charge is -2.07. The number of hydrogen-bond donors (Lipinski definition) is 1. The summed E-state index contributed by atoms with van der Waals surface area (Å²) in [6, 6.07) is 10.8. The van der Waals surface area contributed by atoms with Gasteiger partial charge in [0.05, 0.1) is 21.2 Å². The molecule has 0 spiro atoms. The van der Waals surface area contributed by atoms with E-state index in [1.165, 1.54) is 12.1 Å².